The van der Waals surface area contributed by atoms with Crippen molar-refractivity contribution >= 4 is 33.9 Å². The molecule has 0 aliphatic heterocycles. The molecule has 0 saturated carbocycles. The fourth-order valence-electron chi connectivity index (χ4n) is 3.42. The normalized spacial score (nSPS) is 11.5. The second-order valence-electron chi connectivity index (χ2n) is 7.49. The van der Waals surface area contributed by atoms with E-state index in [1.165, 1.54) is 12.1 Å². The van der Waals surface area contributed by atoms with Crippen LogP contribution in [0.2, 0.25) is 0 Å². The standard InChI is InChI=1S/C23H24FN5O2/c1-14(2)31-13-5-12-26-23(30)19-20-22(28-18-7-4-3-6-17(18)27-20)29(21(19)25)16-10-8-15(24)9-11-16/h3-4,6-11,14H,5,12-13,25H2,1-2H3,(H,26,30). The van der Waals surface area contributed by atoms with Gasteiger partial charge in [0, 0.05) is 18.8 Å². The molecule has 0 spiro atoms. The highest BCUT2D eigenvalue weighted by atomic mass is 19.1. The van der Waals surface area contributed by atoms with Crippen molar-refractivity contribution in [2.75, 3.05) is 18.9 Å². The fourth-order valence-corrected chi connectivity index (χ4v) is 3.42. The molecule has 0 radical (unpaired) electrons. The number of fused-ring (bicyclic) bond motifs is 2. The van der Waals surface area contributed by atoms with E-state index in [1.54, 1.807) is 16.7 Å². The Morgan fingerprint density at radius 3 is 2.48 bits per heavy atom. The van der Waals surface area contributed by atoms with Crippen molar-refractivity contribution in [1.82, 2.24) is 19.9 Å². The lowest BCUT2D eigenvalue weighted by molar-refractivity contribution is 0.0757. The van der Waals surface area contributed by atoms with Gasteiger partial charge in [-0.1, -0.05) is 12.1 Å². The number of nitrogens with two attached hydrogens (primary N) is 1. The predicted molar refractivity (Wildman–Crippen MR) is 119 cm³/mol. The first kappa shape index (κ1) is 20.7. The zero-order chi connectivity index (χ0) is 22.0. The van der Waals surface area contributed by atoms with E-state index in [0.29, 0.717) is 47.5 Å². The molecule has 0 atom stereocenters. The number of aromatic nitrogens is 3. The van der Waals surface area contributed by atoms with Gasteiger partial charge in [0.15, 0.2) is 5.65 Å². The summed E-state index contributed by atoms with van der Waals surface area (Å²) in [6.45, 7) is 4.92. The van der Waals surface area contributed by atoms with Crippen LogP contribution in [-0.4, -0.2) is 39.7 Å². The highest BCUT2D eigenvalue weighted by Crippen LogP contribution is 2.31. The summed E-state index contributed by atoms with van der Waals surface area (Å²) in [5, 5.41) is 2.89. The third-order valence-electron chi connectivity index (χ3n) is 4.87. The number of rotatable bonds is 7. The van der Waals surface area contributed by atoms with E-state index >= 15 is 0 Å². The third kappa shape index (κ3) is 4.20. The van der Waals surface area contributed by atoms with E-state index in [2.05, 4.69) is 10.3 Å². The number of nitrogen functional groups attached to an aromatic ring is 1. The van der Waals surface area contributed by atoms with Crippen molar-refractivity contribution in [2.24, 2.45) is 0 Å². The Morgan fingerprint density at radius 1 is 1.13 bits per heavy atom. The van der Waals surface area contributed by atoms with E-state index in [1.807, 2.05) is 38.1 Å². The van der Waals surface area contributed by atoms with Gasteiger partial charge in [-0.3, -0.25) is 9.36 Å². The number of nitrogens with one attached hydrogen (secondary N) is 1. The molecule has 2 heterocycles. The smallest absolute Gasteiger partial charge is 0.257 e. The molecule has 8 heteroatoms. The third-order valence-corrected chi connectivity index (χ3v) is 4.87. The SMILES string of the molecule is CC(C)OCCCNC(=O)c1c(N)n(-c2ccc(F)cc2)c2nc3ccccc3nc12. The van der Waals surface area contributed by atoms with E-state index in [-0.39, 0.29) is 29.2 Å². The van der Waals surface area contributed by atoms with E-state index in [4.69, 9.17) is 15.5 Å². The number of amides is 1. The number of benzene rings is 2. The lowest BCUT2D eigenvalue weighted by atomic mass is 10.2. The highest BCUT2D eigenvalue weighted by molar-refractivity contribution is 6.11. The summed E-state index contributed by atoms with van der Waals surface area (Å²) in [4.78, 5) is 22.4. The van der Waals surface area contributed by atoms with Crippen molar-refractivity contribution < 1.29 is 13.9 Å². The number of ether oxygens (including phenoxy) is 1. The number of halogens is 1. The van der Waals surface area contributed by atoms with Crippen LogP contribution in [0.25, 0.3) is 27.9 Å². The molecule has 7 nitrogen and oxygen atoms in total. The topological polar surface area (TPSA) is 95.1 Å². The van der Waals surface area contributed by atoms with Crippen molar-refractivity contribution in [3.05, 3.63) is 59.9 Å². The Labute approximate surface area is 179 Å². The Hall–Kier alpha value is -3.52. The molecule has 0 bridgehead atoms. The highest BCUT2D eigenvalue weighted by Gasteiger charge is 2.24. The molecule has 4 aromatic rings. The molecule has 0 aliphatic carbocycles. The Morgan fingerprint density at radius 2 is 1.81 bits per heavy atom. The molecular weight excluding hydrogens is 397 g/mol. The average molecular weight is 421 g/mol. The maximum atomic E-state index is 13.5. The van der Waals surface area contributed by atoms with Gasteiger partial charge in [-0.2, -0.15) is 0 Å². The molecule has 4 rings (SSSR count). The first-order chi connectivity index (χ1) is 15.0. The summed E-state index contributed by atoms with van der Waals surface area (Å²) in [6, 6.07) is 13.3. The molecule has 2 aromatic carbocycles. The van der Waals surface area contributed by atoms with E-state index in [0.717, 1.165) is 0 Å². The number of hydrogen-bond acceptors (Lipinski definition) is 5. The summed E-state index contributed by atoms with van der Waals surface area (Å²) in [5.74, 6) is -0.498. The summed E-state index contributed by atoms with van der Waals surface area (Å²) >= 11 is 0. The van der Waals surface area contributed by atoms with Crippen LogP contribution in [0.3, 0.4) is 0 Å². The van der Waals surface area contributed by atoms with Crippen LogP contribution in [0.1, 0.15) is 30.6 Å². The van der Waals surface area contributed by atoms with Crippen LogP contribution in [0.15, 0.2) is 48.5 Å². The minimum Gasteiger partial charge on any atom is -0.384 e. The lowest BCUT2D eigenvalue weighted by Crippen LogP contribution is -2.26. The predicted octanol–water partition coefficient (Wildman–Crippen LogP) is 3.84. The van der Waals surface area contributed by atoms with Crippen LogP contribution in [0.5, 0.6) is 0 Å². The second-order valence-corrected chi connectivity index (χ2v) is 7.49. The van der Waals surface area contributed by atoms with Crippen LogP contribution in [0.4, 0.5) is 10.2 Å². The number of nitrogens with zero attached hydrogens (tertiary/aromatic N) is 3. The van der Waals surface area contributed by atoms with Gasteiger partial charge in [0.05, 0.1) is 17.1 Å². The molecule has 160 valence electrons. The van der Waals surface area contributed by atoms with Gasteiger partial charge in [0.1, 0.15) is 22.7 Å². The summed E-state index contributed by atoms with van der Waals surface area (Å²) < 4.78 is 20.6. The first-order valence-electron chi connectivity index (χ1n) is 10.2. The molecule has 0 fully saturated rings. The van der Waals surface area contributed by atoms with Crippen molar-refractivity contribution in [3.63, 3.8) is 0 Å². The van der Waals surface area contributed by atoms with Gasteiger partial charge in [0.25, 0.3) is 5.91 Å². The second kappa shape index (κ2) is 8.69. The molecule has 2 aromatic heterocycles. The van der Waals surface area contributed by atoms with Crippen LogP contribution in [0, 0.1) is 5.82 Å². The van der Waals surface area contributed by atoms with Gasteiger partial charge >= 0.3 is 0 Å². The summed E-state index contributed by atoms with van der Waals surface area (Å²) in [6.07, 6.45) is 0.818. The lowest BCUT2D eigenvalue weighted by Gasteiger charge is -2.09. The van der Waals surface area contributed by atoms with E-state index in [9.17, 15) is 9.18 Å². The van der Waals surface area contributed by atoms with Gasteiger partial charge in [-0.15, -0.1) is 0 Å². The summed E-state index contributed by atoms with van der Waals surface area (Å²) in [7, 11) is 0. The quantitative estimate of drug-likeness (QED) is 0.442. The molecule has 0 aliphatic rings. The Balaban J connectivity index is 1.77. The molecule has 1 amide bonds. The number of hydrogen-bond donors (Lipinski definition) is 2. The van der Waals surface area contributed by atoms with Gasteiger partial charge in [0.2, 0.25) is 0 Å². The van der Waals surface area contributed by atoms with Gasteiger partial charge < -0.3 is 15.8 Å². The molecular formula is C23H24FN5O2. The molecule has 3 N–H and O–H groups in total. The number of para-hydroxylation sites is 2. The first-order valence-corrected chi connectivity index (χ1v) is 10.2. The molecule has 0 unspecified atom stereocenters. The average Bonchev–Trinajstić information content (AvgIpc) is 3.03. The monoisotopic (exact) mass is 421 g/mol. The minimum atomic E-state index is -0.364. The zero-order valence-electron chi connectivity index (χ0n) is 17.4. The zero-order valence-corrected chi connectivity index (χ0v) is 17.4. The number of carbonyl (C=O) groups excluding carboxylic acids is 1. The largest absolute Gasteiger partial charge is 0.384 e. The fraction of sp³-hybridized carbons (Fsp3) is 0.261. The minimum absolute atomic E-state index is 0.142. The van der Waals surface area contributed by atoms with Gasteiger partial charge in [-0.25, -0.2) is 14.4 Å². The van der Waals surface area contributed by atoms with Crippen LogP contribution >= 0.6 is 0 Å². The van der Waals surface area contributed by atoms with E-state index < -0.39 is 0 Å². The molecule has 0 saturated heterocycles. The Kier molecular flexibility index (Phi) is 5.81. The van der Waals surface area contributed by atoms with Crippen molar-refractivity contribution in [2.45, 2.75) is 26.4 Å². The van der Waals surface area contributed by atoms with Crippen molar-refractivity contribution in [3.8, 4) is 5.69 Å². The van der Waals surface area contributed by atoms with Crippen LogP contribution in [-0.2, 0) is 4.74 Å². The van der Waals surface area contributed by atoms with Gasteiger partial charge in [-0.05, 0) is 56.7 Å². The summed E-state index contributed by atoms with van der Waals surface area (Å²) in [5.41, 5.74) is 9.44. The maximum Gasteiger partial charge on any atom is 0.257 e. The van der Waals surface area contributed by atoms with Crippen molar-refractivity contribution in [1.29, 1.82) is 0 Å². The Bertz CT molecular complexity index is 1230. The maximum absolute atomic E-state index is 13.5. The number of anilines is 1. The van der Waals surface area contributed by atoms with Crippen LogP contribution < -0.4 is 11.1 Å². The molecule has 31 heavy (non-hydrogen) atoms. The number of carbonyl (C=O) groups is 1.